The summed E-state index contributed by atoms with van der Waals surface area (Å²) in [6.07, 6.45) is 0.614. The van der Waals surface area contributed by atoms with Gasteiger partial charge in [0.25, 0.3) is 0 Å². The molecule has 1 amide bonds. The Morgan fingerprint density at radius 2 is 1.96 bits per heavy atom. The van der Waals surface area contributed by atoms with Gasteiger partial charge < -0.3 is 10.4 Å². The van der Waals surface area contributed by atoms with Crippen LogP contribution in [0, 0.1) is 5.92 Å². The number of fused-ring (bicyclic) bond motifs is 1. The molecular formula is C19H23ClN2O3. The molecule has 1 saturated heterocycles. The fraction of sp³-hybridized carbons (Fsp3) is 0.368. The highest BCUT2D eigenvalue weighted by Gasteiger charge is 2.29. The predicted octanol–water partition coefficient (Wildman–Crippen LogP) is 2.85. The van der Waals surface area contributed by atoms with Gasteiger partial charge in [0.05, 0.1) is 18.5 Å². The minimum absolute atomic E-state index is 0. The number of carbonyl (C=O) groups is 2. The molecule has 2 N–H and O–H groups in total. The zero-order chi connectivity index (χ0) is 17.1. The van der Waals surface area contributed by atoms with E-state index in [-0.39, 0.29) is 36.8 Å². The molecule has 0 radical (unpaired) electrons. The first-order valence-electron chi connectivity index (χ1n) is 8.26. The van der Waals surface area contributed by atoms with Crippen LogP contribution >= 0.6 is 12.4 Å². The number of carboxylic acids is 1. The number of carboxylic acid groups (broad SMARTS) is 1. The molecule has 6 heteroatoms. The Balaban J connectivity index is 0.00000225. The van der Waals surface area contributed by atoms with Crippen LogP contribution in [0.3, 0.4) is 0 Å². The van der Waals surface area contributed by atoms with Crippen LogP contribution in [-0.4, -0.2) is 41.5 Å². The van der Waals surface area contributed by atoms with Crippen molar-refractivity contribution in [2.45, 2.75) is 19.4 Å². The van der Waals surface area contributed by atoms with Gasteiger partial charge in [-0.15, -0.1) is 12.4 Å². The third-order valence-electron chi connectivity index (χ3n) is 4.64. The quantitative estimate of drug-likeness (QED) is 0.858. The van der Waals surface area contributed by atoms with Crippen molar-refractivity contribution in [2.24, 2.45) is 5.92 Å². The molecule has 2 aromatic carbocycles. The molecule has 0 bridgehead atoms. The van der Waals surface area contributed by atoms with Gasteiger partial charge in [-0.05, 0) is 42.3 Å². The molecule has 25 heavy (non-hydrogen) atoms. The molecule has 0 aliphatic carbocycles. The van der Waals surface area contributed by atoms with Crippen LogP contribution in [0.25, 0.3) is 10.8 Å². The molecule has 1 fully saturated rings. The van der Waals surface area contributed by atoms with Crippen LogP contribution in [0.2, 0.25) is 0 Å². The number of hydrogen-bond acceptors (Lipinski definition) is 3. The highest BCUT2D eigenvalue weighted by Crippen LogP contribution is 2.20. The van der Waals surface area contributed by atoms with Gasteiger partial charge in [0.15, 0.2) is 0 Å². The second kappa shape index (κ2) is 8.32. The maximum atomic E-state index is 12.2. The van der Waals surface area contributed by atoms with Crippen LogP contribution in [0.4, 0.5) is 0 Å². The van der Waals surface area contributed by atoms with Crippen LogP contribution in [0.1, 0.15) is 24.9 Å². The first-order valence-corrected chi connectivity index (χ1v) is 8.26. The van der Waals surface area contributed by atoms with Crippen LogP contribution in [0.5, 0.6) is 0 Å². The summed E-state index contributed by atoms with van der Waals surface area (Å²) in [7, 11) is 0. The summed E-state index contributed by atoms with van der Waals surface area (Å²) in [6, 6.07) is 14.2. The molecule has 0 saturated carbocycles. The second-order valence-corrected chi connectivity index (χ2v) is 6.45. The van der Waals surface area contributed by atoms with Gasteiger partial charge >= 0.3 is 5.97 Å². The van der Waals surface area contributed by atoms with Gasteiger partial charge in [0.1, 0.15) is 0 Å². The number of carbonyl (C=O) groups excluding carboxylic acids is 1. The lowest BCUT2D eigenvalue weighted by Gasteiger charge is -2.19. The van der Waals surface area contributed by atoms with Crippen molar-refractivity contribution in [1.29, 1.82) is 0 Å². The van der Waals surface area contributed by atoms with E-state index in [0.717, 1.165) is 10.9 Å². The molecule has 1 aliphatic rings. The van der Waals surface area contributed by atoms with E-state index in [1.807, 2.05) is 30.0 Å². The summed E-state index contributed by atoms with van der Waals surface area (Å²) >= 11 is 0. The number of likely N-dealkylation sites (tertiary alicyclic amines) is 1. The van der Waals surface area contributed by atoms with E-state index in [9.17, 15) is 9.59 Å². The monoisotopic (exact) mass is 362 g/mol. The Labute approximate surface area is 153 Å². The van der Waals surface area contributed by atoms with Gasteiger partial charge in [-0.25, -0.2) is 0 Å². The molecule has 5 nitrogen and oxygen atoms in total. The van der Waals surface area contributed by atoms with Crippen molar-refractivity contribution >= 4 is 35.1 Å². The number of aliphatic carboxylic acids is 1. The van der Waals surface area contributed by atoms with E-state index in [0.29, 0.717) is 19.5 Å². The van der Waals surface area contributed by atoms with Gasteiger partial charge in [0.2, 0.25) is 5.91 Å². The third-order valence-corrected chi connectivity index (χ3v) is 4.64. The fourth-order valence-electron chi connectivity index (χ4n) is 3.23. The number of benzene rings is 2. The van der Waals surface area contributed by atoms with E-state index in [1.165, 1.54) is 5.39 Å². The van der Waals surface area contributed by atoms with E-state index >= 15 is 0 Å². The number of nitrogens with zero attached hydrogens (tertiary/aromatic N) is 1. The van der Waals surface area contributed by atoms with Gasteiger partial charge in [-0.3, -0.25) is 14.5 Å². The summed E-state index contributed by atoms with van der Waals surface area (Å²) in [5.74, 6) is -1.19. The molecule has 1 heterocycles. The average molecular weight is 363 g/mol. The SMILES string of the molecule is CC(NC(=O)CN1CCC(C(=O)O)C1)c1ccc2ccccc2c1.Cl. The zero-order valence-electron chi connectivity index (χ0n) is 14.1. The lowest BCUT2D eigenvalue weighted by atomic mass is 10.0. The molecule has 0 spiro atoms. The molecular weight excluding hydrogens is 340 g/mol. The van der Waals surface area contributed by atoms with Crippen LogP contribution in [-0.2, 0) is 9.59 Å². The van der Waals surface area contributed by atoms with Gasteiger partial charge in [-0.2, -0.15) is 0 Å². The molecule has 0 aromatic heterocycles. The van der Waals surface area contributed by atoms with Gasteiger partial charge in [0, 0.05) is 6.54 Å². The van der Waals surface area contributed by atoms with Crippen molar-refractivity contribution < 1.29 is 14.7 Å². The number of nitrogens with one attached hydrogen (secondary N) is 1. The molecule has 134 valence electrons. The highest BCUT2D eigenvalue weighted by atomic mass is 35.5. The molecule has 2 aromatic rings. The summed E-state index contributed by atoms with van der Waals surface area (Å²) < 4.78 is 0. The Hall–Kier alpha value is -2.11. The number of rotatable bonds is 5. The smallest absolute Gasteiger partial charge is 0.307 e. The van der Waals surface area contributed by atoms with E-state index < -0.39 is 5.97 Å². The first-order chi connectivity index (χ1) is 11.5. The summed E-state index contributed by atoms with van der Waals surface area (Å²) in [5.41, 5.74) is 1.06. The van der Waals surface area contributed by atoms with Crippen molar-refractivity contribution in [3.05, 3.63) is 48.0 Å². The predicted molar refractivity (Wildman–Crippen MR) is 99.9 cm³/mol. The first kappa shape index (κ1) is 19.2. The Bertz CT molecular complexity index is 765. The van der Waals surface area contributed by atoms with Crippen LogP contribution in [0.15, 0.2) is 42.5 Å². The van der Waals surface area contributed by atoms with Gasteiger partial charge in [-0.1, -0.05) is 36.4 Å². The minimum atomic E-state index is -0.776. The Morgan fingerprint density at radius 1 is 1.24 bits per heavy atom. The third kappa shape index (κ3) is 4.71. The topological polar surface area (TPSA) is 69.6 Å². The Kier molecular flexibility index (Phi) is 6.39. The maximum Gasteiger partial charge on any atom is 0.307 e. The lowest BCUT2D eigenvalue weighted by molar-refractivity contribution is -0.141. The second-order valence-electron chi connectivity index (χ2n) is 6.45. The van der Waals surface area contributed by atoms with E-state index in [2.05, 4.69) is 29.6 Å². The highest BCUT2D eigenvalue weighted by molar-refractivity contribution is 5.85. The summed E-state index contributed by atoms with van der Waals surface area (Å²) in [5, 5.41) is 14.4. The number of amides is 1. The van der Waals surface area contributed by atoms with Crippen LogP contribution < -0.4 is 5.32 Å². The van der Waals surface area contributed by atoms with Crippen molar-refractivity contribution in [3.8, 4) is 0 Å². The Morgan fingerprint density at radius 3 is 2.64 bits per heavy atom. The normalized spacial score (nSPS) is 18.5. The standard InChI is InChI=1S/C19H22N2O3.ClH/c1-13(15-7-6-14-4-2-3-5-16(14)10-15)20-18(22)12-21-9-8-17(11-21)19(23)24;/h2-7,10,13,17H,8-9,11-12H2,1H3,(H,20,22)(H,23,24);1H. The zero-order valence-corrected chi connectivity index (χ0v) is 15.0. The van der Waals surface area contributed by atoms with E-state index in [1.54, 1.807) is 0 Å². The summed E-state index contributed by atoms with van der Waals surface area (Å²) in [4.78, 5) is 25.1. The molecule has 2 unspecified atom stereocenters. The molecule has 2 atom stereocenters. The largest absolute Gasteiger partial charge is 0.481 e. The number of halogens is 1. The van der Waals surface area contributed by atoms with E-state index in [4.69, 9.17) is 5.11 Å². The lowest BCUT2D eigenvalue weighted by Crippen LogP contribution is -2.37. The molecule has 3 rings (SSSR count). The average Bonchev–Trinajstić information content (AvgIpc) is 3.03. The van der Waals surface area contributed by atoms with Crippen molar-refractivity contribution in [2.75, 3.05) is 19.6 Å². The minimum Gasteiger partial charge on any atom is -0.481 e. The number of hydrogen-bond donors (Lipinski definition) is 2. The summed E-state index contributed by atoms with van der Waals surface area (Å²) in [6.45, 7) is 3.33. The molecule has 1 aliphatic heterocycles. The van der Waals surface area contributed by atoms with Crippen molar-refractivity contribution in [1.82, 2.24) is 10.2 Å². The van der Waals surface area contributed by atoms with Crippen molar-refractivity contribution in [3.63, 3.8) is 0 Å². The fourth-order valence-corrected chi connectivity index (χ4v) is 3.23. The maximum absolute atomic E-state index is 12.2.